The summed E-state index contributed by atoms with van der Waals surface area (Å²) in [6, 6.07) is 8.43. The van der Waals surface area contributed by atoms with Gasteiger partial charge < -0.3 is 4.90 Å². The fourth-order valence-corrected chi connectivity index (χ4v) is 3.58. The lowest BCUT2D eigenvalue weighted by atomic mass is 9.88. The van der Waals surface area contributed by atoms with Gasteiger partial charge in [0.15, 0.2) is 0 Å². The molecule has 0 unspecified atom stereocenters. The fraction of sp³-hybridized carbons (Fsp3) is 0.375. The van der Waals surface area contributed by atoms with E-state index in [9.17, 15) is 4.79 Å². The van der Waals surface area contributed by atoms with Crippen molar-refractivity contribution >= 4 is 11.5 Å². The van der Waals surface area contributed by atoms with Crippen LogP contribution in [-0.4, -0.2) is 10.8 Å². The molecule has 1 aliphatic carbocycles. The van der Waals surface area contributed by atoms with E-state index in [2.05, 4.69) is 44.3 Å². The van der Waals surface area contributed by atoms with Gasteiger partial charge in [0.1, 0.15) is 0 Å². The zero-order valence-corrected chi connectivity index (χ0v) is 16.2. The Balaban J connectivity index is 2.21. The first-order chi connectivity index (χ1) is 12.6. The maximum Gasteiger partial charge on any atom is 0.230 e. The number of carbonyl (C=O) groups excluding carboxylic acids is 1. The smallest absolute Gasteiger partial charge is 0.230 e. The van der Waals surface area contributed by atoms with Crippen molar-refractivity contribution in [2.45, 2.75) is 52.5 Å². The van der Waals surface area contributed by atoms with Gasteiger partial charge in [-0.05, 0) is 49.5 Å². The third-order valence-electron chi connectivity index (χ3n) is 5.15. The van der Waals surface area contributed by atoms with E-state index in [4.69, 9.17) is 0 Å². The molecule has 0 atom stereocenters. The summed E-state index contributed by atoms with van der Waals surface area (Å²) in [6.07, 6.45) is 13.1. The van der Waals surface area contributed by atoms with E-state index < -0.39 is 0 Å². The van der Waals surface area contributed by atoms with Crippen molar-refractivity contribution in [1.29, 1.82) is 0 Å². The monoisotopic (exact) mass is 349 g/mol. The molecule has 0 aliphatic heterocycles. The van der Waals surface area contributed by atoms with Crippen molar-refractivity contribution in [3.8, 4) is 0 Å². The summed E-state index contributed by atoms with van der Waals surface area (Å²) in [4.78, 5) is 15.0. The molecule has 0 heterocycles. The molecular formula is C24H31NO. The van der Waals surface area contributed by atoms with Gasteiger partial charge in [0.2, 0.25) is 5.91 Å². The van der Waals surface area contributed by atoms with Gasteiger partial charge in [0.25, 0.3) is 0 Å². The molecule has 0 N–H and O–H groups in total. The molecule has 138 valence electrons. The van der Waals surface area contributed by atoms with Crippen molar-refractivity contribution in [2.75, 3.05) is 0 Å². The molecule has 0 aromatic heterocycles. The normalized spacial score (nSPS) is 16.2. The molecular weight excluding hydrogens is 318 g/mol. The zero-order chi connectivity index (χ0) is 18.9. The molecule has 0 spiro atoms. The minimum absolute atomic E-state index is 0.149. The highest BCUT2D eigenvalue weighted by Crippen LogP contribution is 2.28. The average Bonchev–Trinajstić information content (AvgIpc) is 2.69. The van der Waals surface area contributed by atoms with Crippen LogP contribution < -0.4 is 0 Å². The van der Waals surface area contributed by atoms with Crippen LogP contribution in [0.1, 0.15) is 57.1 Å². The Bertz CT molecular complexity index is 687. The molecule has 1 fully saturated rings. The van der Waals surface area contributed by atoms with Crippen molar-refractivity contribution in [2.24, 2.45) is 5.92 Å². The highest BCUT2D eigenvalue weighted by Gasteiger charge is 2.27. The molecule has 2 heteroatoms. The maximum absolute atomic E-state index is 13.1. The molecule has 1 aromatic rings. The van der Waals surface area contributed by atoms with E-state index in [1.165, 1.54) is 17.6 Å². The lowest BCUT2D eigenvalue weighted by molar-refractivity contribution is -0.134. The standard InChI is InChI=1S/C24H31NO/c1-5-11-19(4)21-16-14-20(15-17-21)18-25(23(6-2)7-3)24(26)22-12-9-8-10-13-22/h5-7,11,14-17,22H,1-2,8-10,12-13,18H2,3-4H3/b19-11+,23-7+. The van der Waals surface area contributed by atoms with Gasteiger partial charge in [-0.1, -0.05) is 74.9 Å². The van der Waals surface area contributed by atoms with E-state index in [-0.39, 0.29) is 11.8 Å². The van der Waals surface area contributed by atoms with Crippen LogP contribution in [0.2, 0.25) is 0 Å². The van der Waals surface area contributed by atoms with Crippen molar-refractivity contribution < 1.29 is 4.79 Å². The first kappa shape index (κ1) is 20.0. The third-order valence-corrected chi connectivity index (χ3v) is 5.15. The Morgan fingerprint density at radius 2 is 1.81 bits per heavy atom. The lowest BCUT2D eigenvalue weighted by Crippen LogP contribution is -2.35. The number of hydrogen-bond acceptors (Lipinski definition) is 1. The summed E-state index contributed by atoms with van der Waals surface area (Å²) in [5.74, 6) is 0.389. The molecule has 1 amide bonds. The van der Waals surface area contributed by atoms with Gasteiger partial charge >= 0.3 is 0 Å². The molecule has 0 saturated heterocycles. The van der Waals surface area contributed by atoms with Crippen molar-refractivity contribution in [3.63, 3.8) is 0 Å². The number of hydrogen-bond donors (Lipinski definition) is 0. The summed E-state index contributed by atoms with van der Waals surface area (Å²) >= 11 is 0. The Hall–Kier alpha value is -2.35. The van der Waals surface area contributed by atoms with Crippen LogP contribution in [-0.2, 0) is 11.3 Å². The van der Waals surface area contributed by atoms with E-state index in [0.29, 0.717) is 6.54 Å². The van der Waals surface area contributed by atoms with Crippen LogP contribution in [0.25, 0.3) is 5.57 Å². The van der Waals surface area contributed by atoms with E-state index >= 15 is 0 Å². The second-order valence-electron chi connectivity index (χ2n) is 6.96. The van der Waals surface area contributed by atoms with E-state index in [1.807, 2.05) is 24.0 Å². The number of allylic oxidation sites excluding steroid dienone is 5. The maximum atomic E-state index is 13.1. The summed E-state index contributed by atoms with van der Waals surface area (Å²) in [6.45, 7) is 12.3. The van der Waals surface area contributed by atoms with Crippen LogP contribution in [0.4, 0.5) is 0 Å². The van der Waals surface area contributed by atoms with Crippen molar-refractivity contribution in [3.05, 3.63) is 78.6 Å². The van der Waals surface area contributed by atoms with Gasteiger partial charge in [-0.3, -0.25) is 4.79 Å². The minimum atomic E-state index is 0.149. The van der Waals surface area contributed by atoms with Crippen LogP contribution in [0.3, 0.4) is 0 Å². The van der Waals surface area contributed by atoms with Gasteiger partial charge in [-0.15, -0.1) is 0 Å². The van der Waals surface area contributed by atoms with Crippen LogP contribution in [0.5, 0.6) is 0 Å². The van der Waals surface area contributed by atoms with Crippen LogP contribution in [0.15, 0.2) is 67.4 Å². The Labute approximate surface area is 158 Å². The molecule has 26 heavy (non-hydrogen) atoms. The number of carbonyl (C=O) groups is 1. The summed E-state index contributed by atoms with van der Waals surface area (Å²) < 4.78 is 0. The number of nitrogens with zero attached hydrogens (tertiary/aromatic N) is 1. The third kappa shape index (κ3) is 5.08. The lowest BCUT2D eigenvalue weighted by Gasteiger charge is -2.30. The first-order valence-corrected chi connectivity index (χ1v) is 9.59. The highest BCUT2D eigenvalue weighted by atomic mass is 16.2. The number of amides is 1. The zero-order valence-electron chi connectivity index (χ0n) is 16.2. The highest BCUT2D eigenvalue weighted by molar-refractivity contribution is 5.81. The summed E-state index contributed by atoms with van der Waals surface area (Å²) in [5.41, 5.74) is 4.38. The summed E-state index contributed by atoms with van der Waals surface area (Å²) in [5, 5.41) is 0. The summed E-state index contributed by atoms with van der Waals surface area (Å²) in [7, 11) is 0. The van der Waals surface area contributed by atoms with Crippen molar-refractivity contribution in [1.82, 2.24) is 4.90 Å². The molecule has 1 saturated carbocycles. The minimum Gasteiger partial charge on any atom is -0.308 e. The largest absolute Gasteiger partial charge is 0.308 e. The fourth-order valence-electron chi connectivity index (χ4n) is 3.58. The number of benzene rings is 1. The molecule has 2 rings (SSSR count). The molecule has 0 radical (unpaired) electrons. The molecule has 1 aromatic carbocycles. The SMILES string of the molecule is C=C/C=C(\C)c1ccc(CN(C(=O)C2CCCCC2)/C(C=C)=C/C)cc1. The van der Waals surface area contributed by atoms with Gasteiger partial charge in [0, 0.05) is 11.6 Å². The topological polar surface area (TPSA) is 20.3 Å². The second-order valence-corrected chi connectivity index (χ2v) is 6.96. The molecule has 2 nitrogen and oxygen atoms in total. The number of rotatable bonds is 7. The Morgan fingerprint density at radius 3 is 2.35 bits per heavy atom. The van der Waals surface area contributed by atoms with Crippen LogP contribution in [0, 0.1) is 5.92 Å². The predicted molar refractivity (Wildman–Crippen MR) is 111 cm³/mol. The van der Waals surface area contributed by atoms with Gasteiger partial charge in [-0.2, -0.15) is 0 Å². The quantitative estimate of drug-likeness (QED) is 0.531. The van der Waals surface area contributed by atoms with Gasteiger partial charge in [-0.25, -0.2) is 0 Å². The average molecular weight is 350 g/mol. The molecule has 0 bridgehead atoms. The van der Waals surface area contributed by atoms with E-state index in [0.717, 1.165) is 36.9 Å². The second kappa shape index (κ2) is 9.96. The molecule has 1 aliphatic rings. The predicted octanol–water partition coefficient (Wildman–Crippen LogP) is 6.27. The Kier molecular flexibility index (Phi) is 7.65. The van der Waals surface area contributed by atoms with E-state index in [1.54, 1.807) is 12.2 Å². The van der Waals surface area contributed by atoms with Gasteiger partial charge in [0.05, 0.1) is 6.54 Å². The van der Waals surface area contributed by atoms with Crippen LogP contribution >= 0.6 is 0 Å². The first-order valence-electron chi connectivity index (χ1n) is 9.59. The Morgan fingerprint density at radius 1 is 1.15 bits per heavy atom.